The number of nitrogens with zero attached hydrogens (tertiary/aromatic N) is 2. The predicted molar refractivity (Wildman–Crippen MR) is 82.9 cm³/mol. The van der Waals surface area contributed by atoms with Crippen LogP contribution in [-0.4, -0.2) is 14.5 Å². The molecule has 20 heavy (non-hydrogen) atoms. The lowest BCUT2D eigenvalue weighted by Crippen LogP contribution is -2.15. The Hall–Kier alpha value is -1.35. The highest BCUT2D eigenvalue weighted by atomic mass is 16.3. The summed E-state index contributed by atoms with van der Waals surface area (Å²) in [6, 6.07) is 2.12. The first kappa shape index (κ1) is 15.0. The van der Waals surface area contributed by atoms with E-state index in [0.29, 0.717) is 11.8 Å². The van der Waals surface area contributed by atoms with Crippen molar-refractivity contribution in [2.75, 3.05) is 0 Å². The van der Waals surface area contributed by atoms with Crippen molar-refractivity contribution in [1.29, 1.82) is 0 Å². The molecule has 0 aliphatic heterocycles. The van der Waals surface area contributed by atoms with Gasteiger partial charge in [0.25, 0.3) is 0 Å². The number of hydrogen-bond donors (Lipinski definition) is 1. The maximum atomic E-state index is 10.9. The fourth-order valence-electron chi connectivity index (χ4n) is 3.05. The maximum Gasteiger partial charge on any atom is 0.0992 e. The number of fused-ring (bicyclic) bond motifs is 1. The van der Waals surface area contributed by atoms with E-state index < -0.39 is 6.10 Å². The van der Waals surface area contributed by atoms with Crippen molar-refractivity contribution in [3.8, 4) is 0 Å². The minimum atomic E-state index is -0.405. The second-order valence-corrected chi connectivity index (χ2v) is 5.93. The molecule has 0 bridgehead atoms. The molecule has 110 valence electrons. The topological polar surface area (TPSA) is 37.5 Å². The number of pyridine rings is 1. The summed E-state index contributed by atoms with van der Waals surface area (Å²) in [4.78, 5) is 4.23. The van der Waals surface area contributed by atoms with Gasteiger partial charge in [0.05, 0.1) is 24.1 Å². The van der Waals surface area contributed by atoms with Crippen molar-refractivity contribution in [3.05, 3.63) is 35.9 Å². The summed E-state index contributed by atoms with van der Waals surface area (Å²) < 4.78 is 2.00. The van der Waals surface area contributed by atoms with Gasteiger partial charge in [0.15, 0.2) is 0 Å². The van der Waals surface area contributed by atoms with Crippen LogP contribution in [0.2, 0.25) is 0 Å². The fourth-order valence-corrected chi connectivity index (χ4v) is 3.05. The summed E-state index contributed by atoms with van der Waals surface area (Å²) in [5.41, 5.74) is 3.35. The normalized spacial score (nSPS) is 14.9. The smallest absolute Gasteiger partial charge is 0.0992 e. The highest BCUT2D eigenvalue weighted by Crippen LogP contribution is 2.35. The van der Waals surface area contributed by atoms with Crippen molar-refractivity contribution < 1.29 is 5.11 Å². The molecule has 0 fully saturated rings. The van der Waals surface area contributed by atoms with Crippen molar-refractivity contribution >= 4 is 5.52 Å². The lowest BCUT2D eigenvalue weighted by atomic mass is 9.85. The molecule has 0 radical (unpaired) electrons. The van der Waals surface area contributed by atoms with Crippen molar-refractivity contribution in [1.82, 2.24) is 9.38 Å². The van der Waals surface area contributed by atoms with Gasteiger partial charge in [-0.2, -0.15) is 0 Å². The first-order chi connectivity index (χ1) is 9.60. The second kappa shape index (κ2) is 6.40. The molecule has 3 nitrogen and oxygen atoms in total. The van der Waals surface area contributed by atoms with Gasteiger partial charge in [-0.05, 0) is 29.9 Å². The lowest BCUT2D eigenvalue weighted by Gasteiger charge is -2.25. The Labute approximate surface area is 121 Å². The molecule has 2 atom stereocenters. The van der Waals surface area contributed by atoms with E-state index in [1.54, 1.807) is 6.33 Å². The first-order valence-corrected chi connectivity index (χ1v) is 7.72. The van der Waals surface area contributed by atoms with Crippen molar-refractivity contribution in [2.24, 2.45) is 5.92 Å². The zero-order valence-electron chi connectivity index (χ0n) is 13.0. The molecule has 2 aromatic rings. The Morgan fingerprint density at radius 3 is 2.65 bits per heavy atom. The predicted octanol–water partition coefficient (Wildman–Crippen LogP) is 4.32. The Morgan fingerprint density at radius 1 is 1.30 bits per heavy atom. The molecule has 0 spiro atoms. The van der Waals surface area contributed by atoms with Crippen LogP contribution in [0.5, 0.6) is 0 Å². The monoisotopic (exact) mass is 274 g/mol. The van der Waals surface area contributed by atoms with E-state index in [1.807, 2.05) is 16.8 Å². The summed E-state index contributed by atoms with van der Waals surface area (Å²) in [5, 5.41) is 10.9. The Bertz CT molecular complexity index is 559. The van der Waals surface area contributed by atoms with E-state index in [4.69, 9.17) is 0 Å². The van der Waals surface area contributed by atoms with Crippen molar-refractivity contribution in [2.45, 2.75) is 59.0 Å². The van der Waals surface area contributed by atoms with Crippen LogP contribution in [0, 0.1) is 5.92 Å². The minimum Gasteiger partial charge on any atom is -0.388 e. The number of aliphatic hydroxyl groups is 1. The molecule has 2 heterocycles. The molecule has 0 saturated heterocycles. The maximum absolute atomic E-state index is 10.9. The highest BCUT2D eigenvalue weighted by molar-refractivity contribution is 5.58. The number of rotatable bonds is 6. The van der Waals surface area contributed by atoms with Crippen LogP contribution >= 0.6 is 0 Å². The van der Waals surface area contributed by atoms with E-state index in [1.165, 1.54) is 5.56 Å². The average molecular weight is 274 g/mol. The third-order valence-corrected chi connectivity index (χ3v) is 4.22. The SMILES string of the molecule is CCC[C@@H](CC)[C@H](O)c1c(C(C)C)ccn2cncc12. The van der Waals surface area contributed by atoms with Crippen LogP contribution in [-0.2, 0) is 0 Å². The first-order valence-electron chi connectivity index (χ1n) is 7.72. The Balaban J connectivity index is 2.54. The van der Waals surface area contributed by atoms with Crippen LogP contribution in [0.3, 0.4) is 0 Å². The number of aliphatic hydroxyl groups excluding tert-OH is 1. The van der Waals surface area contributed by atoms with Crippen LogP contribution in [0.4, 0.5) is 0 Å². The van der Waals surface area contributed by atoms with E-state index >= 15 is 0 Å². The number of aromatic nitrogens is 2. The van der Waals surface area contributed by atoms with E-state index in [9.17, 15) is 5.11 Å². The highest BCUT2D eigenvalue weighted by Gasteiger charge is 2.24. The number of hydrogen-bond acceptors (Lipinski definition) is 2. The van der Waals surface area contributed by atoms with Crippen LogP contribution in [0.1, 0.15) is 70.1 Å². The molecule has 2 aromatic heterocycles. The molecule has 3 heteroatoms. The molecular weight excluding hydrogens is 248 g/mol. The fraction of sp³-hybridized carbons (Fsp3) is 0.588. The molecule has 0 amide bonds. The molecule has 0 aliphatic rings. The van der Waals surface area contributed by atoms with Crippen LogP contribution in [0.15, 0.2) is 24.8 Å². The molecule has 0 unspecified atom stereocenters. The molecular formula is C17H26N2O. The third-order valence-electron chi connectivity index (χ3n) is 4.22. The zero-order chi connectivity index (χ0) is 14.7. The number of imidazole rings is 1. The van der Waals surface area contributed by atoms with Gasteiger partial charge in [0.1, 0.15) is 0 Å². The van der Waals surface area contributed by atoms with E-state index in [-0.39, 0.29) is 0 Å². The zero-order valence-corrected chi connectivity index (χ0v) is 13.0. The Kier molecular flexibility index (Phi) is 4.81. The van der Waals surface area contributed by atoms with Gasteiger partial charge in [-0.25, -0.2) is 4.98 Å². The summed E-state index contributed by atoms with van der Waals surface area (Å²) in [6.07, 6.45) is 8.47. The minimum absolute atomic E-state index is 0.318. The molecule has 0 aliphatic carbocycles. The van der Waals surface area contributed by atoms with Gasteiger partial charge in [0, 0.05) is 11.8 Å². The van der Waals surface area contributed by atoms with Crippen LogP contribution in [0.25, 0.3) is 5.52 Å². The quantitative estimate of drug-likeness (QED) is 0.852. The van der Waals surface area contributed by atoms with Crippen LogP contribution < -0.4 is 0 Å². The standard InChI is InChI=1S/C17H26N2O/c1-5-7-13(6-2)17(20)16-14(12(3)4)8-9-19-11-18-10-15(16)19/h8-13,17,20H,5-7H2,1-4H3/t13-,17+/m1/s1. The third kappa shape index (κ3) is 2.73. The summed E-state index contributed by atoms with van der Waals surface area (Å²) in [7, 11) is 0. The van der Waals surface area contributed by atoms with Crippen molar-refractivity contribution in [3.63, 3.8) is 0 Å². The van der Waals surface area contributed by atoms with Gasteiger partial charge < -0.3 is 9.51 Å². The van der Waals surface area contributed by atoms with Gasteiger partial charge in [-0.15, -0.1) is 0 Å². The summed E-state index contributed by atoms with van der Waals surface area (Å²) >= 11 is 0. The van der Waals surface area contributed by atoms with Gasteiger partial charge in [-0.3, -0.25) is 0 Å². The molecule has 0 aromatic carbocycles. The van der Waals surface area contributed by atoms with Gasteiger partial charge in [-0.1, -0.05) is 40.5 Å². The second-order valence-electron chi connectivity index (χ2n) is 5.93. The molecule has 1 N–H and O–H groups in total. The largest absolute Gasteiger partial charge is 0.388 e. The van der Waals surface area contributed by atoms with Gasteiger partial charge in [0.2, 0.25) is 0 Å². The summed E-state index contributed by atoms with van der Waals surface area (Å²) in [5.74, 6) is 0.720. The average Bonchev–Trinajstić information content (AvgIpc) is 2.91. The van der Waals surface area contributed by atoms with E-state index in [0.717, 1.165) is 30.3 Å². The van der Waals surface area contributed by atoms with Gasteiger partial charge >= 0.3 is 0 Å². The summed E-state index contributed by atoms with van der Waals surface area (Å²) in [6.45, 7) is 8.70. The lowest BCUT2D eigenvalue weighted by molar-refractivity contribution is 0.0998. The Morgan fingerprint density at radius 2 is 2.05 bits per heavy atom. The molecule has 0 saturated carbocycles. The van der Waals surface area contributed by atoms with E-state index in [2.05, 4.69) is 38.7 Å². The molecule has 2 rings (SSSR count).